The van der Waals surface area contributed by atoms with Crippen LogP contribution >= 0.6 is 15.9 Å². The molecule has 3 nitrogen and oxygen atoms in total. The van der Waals surface area contributed by atoms with E-state index in [2.05, 4.69) is 26.2 Å². The van der Waals surface area contributed by atoms with Crippen LogP contribution in [0.2, 0.25) is 0 Å². The molecule has 5 heteroatoms. The average Bonchev–Trinajstić information content (AvgIpc) is 2.71. The van der Waals surface area contributed by atoms with Gasteiger partial charge in [0, 0.05) is 11.0 Å². The SMILES string of the molecule is Cc1cnc(C(C)NCc2cc(F)cc(Br)c2)o1. The molecule has 0 spiro atoms. The molecule has 0 aliphatic rings. The van der Waals surface area contributed by atoms with E-state index in [-0.39, 0.29) is 11.9 Å². The van der Waals surface area contributed by atoms with Crippen molar-refractivity contribution in [2.24, 2.45) is 0 Å². The van der Waals surface area contributed by atoms with Crippen molar-refractivity contribution in [1.29, 1.82) is 0 Å². The summed E-state index contributed by atoms with van der Waals surface area (Å²) in [6.07, 6.45) is 1.69. The Morgan fingerprint density at radius 1 is 1.44 bits per heavy atom. The number of nitrogens with one attached hydrogen (secondary N) is 1. The third-order valence-corrected chi connectivity index (χ3v) is 3.00. The monoisotopic (exact) mass is 312 g/mol. The topological polar surface area (TPSA) is 38.1 Å². The van der Waals surface area contributed by atoms with Crippen LogP contribution in [0.1, 0.15) is 30.2 Å². The Morgan fingerprint density at radius 3 is 2.83 bits per heavy atom. The quantitative estimate of drug-likeness (QED) is 0.934. The lowest BCUT2D eigenvalue weighted by Crippen LogP contribution is -2.18. The number of aromatic nitrogens is 1. The molecule has 18 heavy (non-hydrogen) atoms. The number of benzene rings is 1. The van der Waals surface area contributed by atoms with Crippen LogP contribution in [0.3, 0.4) is 0 Å². The Balaban J connectivity index is 1.99. The second-order valence-electron chi connectivity index (χ2n) is 4.19. The van der Waals surface area contributed by atoms with E-state index in [1.165, 1.54) is 12.1 Å². The first-order valence-corrected chi connectivity index (χ1v) is 6.44. The van der Waals surface area contributed by atoms with Crippen LogP contribution in [0.15, 0.2) is 33.3 Å². The number of rotatable bonds is 4. The zero-order valence-corrected chi connectivity index (χ0v) is 11.8. The maximum atomic E-state index is 13.2. The Labute approximate surface area is 114 Å². The Bertz CT molecular complexity index is 521. The fourth-order valence-corrected chi connectivity index (χ4v) is 2.16. The Hall–Kier alpha value is -1.20. The maximum Gasteiger partial charge on any atom is 0.211 e. The number of nitrogens with zero attached hydrogens (tertiary/aromatic N) is 1. The van der Waals surface area contributed by atoms with Gasteiger partial charge in [0.05, 0.1) is 12.2 Å². The van der Waals surface area contributed by atoms with Crippen molar-refractivity contribution in [2.75, 3.05) is 0 Å². The van der Waals surface area contributed by atoms with E-state index in [0.717, 1.165) is 15.8 Å². The van der Waals surface area contributed by atoms with Gasteiger partial charge in [-0.2, -0.15) is 0 Å². The van der Waals surface area contributed by atoms with E-state index in [0.29, 0.717) is 12.4 Å². The molecule has 1 heterocycles. The molecule has 0 amide bonds. The molecular formula is C13H14BrFN2O. The first kappa shape index (κ1) is 13.2. The van der Waals surface area contributed by atoms with Crippen LogP contribution in [0.4, 0.5) is 4.39 Å². The molecule has 0 saturated heterocycles. The molecule has 0 saturated carbocycles. The van der Waals surface area contributed by atoms with Gasteiger partial charge < -0.3 is 9.73 Å². The van der Waals surface area contributed by atoms with Crippen molar-refractivity contribution >= 4 is 15.9 Å². The van der Waals surface area contributed by atoms with Gasteiger partial charge >= 0.3 is 0 Å². The van der Waals surface area contributed by atoms with Crippen molar-refractivity contribution in [2.45, 2.75) is 26.4 Å². The van der Waals surface area contributed by atoms with Gasteiger partial charge in [-0.1, -0.05) is 15.9 Å². The lowest BCUT2D eigenvalue weighted by Gasteiger charge is -2.10. The molecule has 0 aliphatic carbocycles. The van der Waals surface area contributed by atoms with Crippen molar-refractivity contribution in [3.63, 3.8) is 0 Å². The molecule has 1 atom stereocenters. The van der Waals surface area contributed by atoms with Crippen molar-refractivity contribution in [3.05, 3.63) is 51.9 Å². The third-order valence-electron chi connectivity index (χ3n) is 2.54. The minimum Gasteiger partial charge on any atom is -0.444 e. The third kappa shape index (κ3) is 3.40. The molecule has 1 unspecified atom stereocenters. The number of oxazole rings is 1. The van der Waals surface area contributed by atoms with E-state index >= 15 is 0 Å². The summed E-state index contributed by atoms with van der Waals surface area (Å²) >= 11 is 3.27. The van der Waals surface area contributed by atoms with Crippen LogP contribution in [-0.4, -0.2) is 4.98 Å². The highest BCUT2D eigenvalue weighted by Crippen LogP contribution is 2.17. The van der Waals surface area contributed by atoms with Gasteiger partial charge in [-0.3, -0.25) is 0 Å². The van der Waals surface area contributed by atoms with Gasteiger partial charge in [-0.15, -0.1) is 0 Å². The largest absolute Gasteiger partial charge is 0.444 e. The van der Waals surface area contributed by atoms with Crippen molar-refractivity contribution in [1.82, 2.24) is 10.3 Å². The number of aryl methyl sites for hydroxylation is 1. The molecule has 2 aromatic rings. The van der Waals surface area contributed by atoms with Crippen molar-refractivity contribution < 1.29 is 8.81 Å². The van der Waals surface area contributed by atoms with Crippen LogP contribution in [0.25, 0.3) is 0 Å². The summed E-state index contributed by atoms with van der Waals surface area (Å²) in [6.45, 7) is 4.37. The fourth-order valence-electron chi connectivity index (χ4n) is 1.64. The van der Waals surface area contributed by atoms with Crippen LogP contribution in [0.5, 0.6) is 0 Å². The smallest absolute Gasteiger partial charge is 0.211 e. The standard InChI is InChI=1S/C13H14BrFN2O/c1-8-6-17-13(18-8)9(2)16-7-10-3-11(14)5-12(15)4-10/h3-6,9,16H,7H2,1-2H3. The first-order valence-electron chi connectivity index (χ1n) is 5.65. The second kappa shape index (κ2) is 5.63. The lowest BCUT2D eigenvalue weighted by atomic mass is 10.2. The Kier molecular flexibility index (Phi) is 4.14. The predicted octanol–water partition coefficient (Wildman–Crippen LogP) is 3.74. The van der Waals surface area contributed by atoms with E-state index in [1.54, 1.807) is 6.20 Å². The van der Waals surface area contributed by atoms with Crippen LogP contribution in [-0.2, 0) is 6.54 Å². The summed E-state index contributed by atoms with van der Waals surface area (Å²) < 4.78 is 19.3. The Morgan fingerprint density at radius 2 is 2.22 bits per heavy atom. The normalized spacial score (nSPS) is 12.7. The highest BCUT2D eigenvalue weighted by molar-refractivity contribution is 9.10. The molecule has 0 radical (unpaired) electrons. The highest BCUT2D eigenvalue weighted by Gasteiger charge is 2.10. The number of hydrogen-bond donors (Lipinski definition) is 1. The molecule has 0 aliphatic heterocycles. The minimum atomic E-state index is -0.249. The molecule has 1 aromatic carbocycles. The molecule has 1 N–H and O–H groups in total. The van der Waals surface area contributed by atoms with Gasteiger partial charge in [0.25, 0.3) is 0 Å². The van der Waals surface area contributed by atoms with E-state index in [4.69, 9.17) is 4.42 Å². The molecule has 96 valence electrons. The van der Waals surface area contributed by atoms with Gasteiger partial charge in [-0.05, 0) is 37.6 Å². The second-order valence-corrected chi connectivity index (χ2v) is 5.11. The summed E-state index contributed by atoms with van der Waals surface area (Å²) in [7, 11) is 0. The van der Waals surface area contributed by atoms with Crippen LogP contribution < -0.4 is 5.32 Å². The minimum absolute atomic E-state index is 0.0132. The average molecular weight is 313 g/mol. The summed E-state index contributed by atoms with van der Waals surface area (Å²) in [5.41, 5.74) is 0.872. The molecule has 2 rings (SSSR count). The highest BCUT2D eigenvalue weighted by atomic mass is 79.9. The summed E-state index contributed by atoms with van der Waals surface area (Å²) in [6, 6.07) is 4.81. The predicted molar refractivity (Wildman–Crippen MR) is 70.6 cm³/mol. The molecular weight excluding hydrogens is 299 g/mol. The van der Waals surface area contributed by atoms with Gasteiger partial charge in [0.1, 0.15) is 11.6 Å². The van der Waals surface area contributed by atoms with E-state index < -0.39 is 0 Å². The van der Waals surface area contributed by atoms with Gasteiger partial charge in [-0.25, -0.2) is 9.37 Å². The van der Waals surface area contributed by atoms with Crippen molar-refractivity contribution in [3.8, 4) is 0 Å². The molecule has 0 bridgehead atoms. The number of hydrogen-bond acceptors (Lipinski definition) is 3. The van der Waals surface area contributed by atoms with Gasteiger partial charge in [0.15, 0.2) is 0 Å². The molecule has 0 fully saturated rings. The zero-order chi connectivity index (χ0) is 13.1. The van der Waals surface area contributed by atoms with Gasteiger partial charge in [0.2, 0.25) is 5.89 Å². The maximum absolute atomic E-state index is 13.2. The molecule has 1 aromatic heterocycles. The summed E-state index contributed by atoms with van der Waals surface area (Å²) in [5.74, 6) is 1.18. The number of halogens is 2. The fraction of sp³-hybridized carbons (Fsp3) is 0.308. The van der Waals surface area contributed by atoms with E-state index in [1.807, 2.05) is 19.9 Å². The lowest BCUT2D eigenvalue weighted by molar-refractivity contribution is 0.402. The van der Waals surface area contributed by atoms with Crippen LogP contribution in [0, 0.1) is 12.7 Å². The van der Waals surface area contributed by atoms with E-state index in [9.17, 15) is 4.39 Å². The zero-order valence-electron chi connectivity index (χ0n) is 10.2. The summed E-state index contributed by atoms with van der Waals surface area (Å²) in [5, 5.41) is 3.24. The summed E-state index contributed by atoms with van der Waals surface area (Å²) in [4.78, 5) is 4.15. The first-order chi connectivity index (χ1) is 8.54.